The zero-order valence-corrected chi connectivity index (χ0v) is 15.3. The van der Waals surface area contributed by atoms with Crippen molar-refractivity contribution in [3.63, 3.8) is 0 Å². The van der Waals surface area contributed by atoms with Crippen LogP contribution >= 0.6 is 0 Å². The maximum absolute atomic E-state index is 13.4. The van der Waals surface area contributed by atoms with Gasteiger partial charge in [0.05, 0.1) is 18.0 Å². The zero-order valence-electron chi connectivity index (χ0n) is 14.5. The molecule has 0 aliphatic heterocycles. The predicted molar refractivity (Wildman–Crippen MR) is 93.8 cm³/mol. The Kier molecular flexibility index (Phi) is 6.50. The molecule has 0 bridgehead atoms. The Bertz CT molecular complexity index is 839. The van der Waals surface area contributed by atoms with E-state index in [1.807, 2.05) is 11.6 Å². The first kappa shape index (κ1) is 21.2. The molecule has 2 aromatic rings. The minimum atomic E-state index is -5.07. The van der Waals surface area contributed by atoms with Gasteiger partial charge in [-0.2, -0.15) is 13.2 Å². The van der Waals surface area contributed by atoms with Crippen LogP contribution in [0.25, 0.3) is 0 Å². The van der Waals surface area contributed by atoms with Crippen LogP contribution < -0.4 is 9.46 Å². The lowest BCUT2D eigenvalue weighted by molar-refractivity contribution is -0.263. The monoisotopic (exact) mass is 403 g/mol. The third-order valence-electron chi connectivity index (χ3n) is 3.85. The minimum Gasteiger partial charge on any atom is -0.494 e. The molecule has 0 aliphatic carbocycles. The smallest absolute Gasteiger partial charge is 0.422 e. The van der Waals surface area contributed by atoms with Gasteiger partial charge in [-0.15, -0.1) is 0 Å². The molecule has 2 aromatic carbocycles. The Morgan fingerprint density at radius 2 is 1.63 bits per heavy atom. The standard InChI is InChI=1S/C18H20F3NO4S/c1-2-12-26-15-8-10-16(11-9-15)27(24,25)22-13-17(23,18(19,20)21)14-6-4-3-5-7-14/h3-11,22-23H,2,12-13H2,1H3/t17-/m0/s1. The molecule has 0 spiro atoms. The first-order chi connectivity index (χ1) is 12.6. The van der Waals surface area contributed by atoms with Crippen molar-refractivity contribution in [2.45, 2.75) is 30.0 Å². The molecule has 2 N–H and O–H groups in total. The van der Waals surface area contributed by atoms with Crippen LogP contribution in [-0.4, -0.2) is 32.9 Å². The highest BCUT2D eigenvalue weighted by molar-refractivity contribution is 7.89. The molecule has 0 fully saturated rings. The van der Waals surface area contributed by atoms with Crippen LogP contribution in [0.5, 0.6) is 5.75 Å². The molecule has 0 amide bonds. The molecule has 0 radical (unpaired) electrons. The number of sulfonamides is 1. The highest BCUT2D eigenvalue weighted by atomic mass is 32.2. The number of ether oxygens (including phenoxy) is 1. The number of alkyl halides is 3. The lowest BCUT2D eigenvalue weighted by atomic mass is 9.93. The highest BCUT2D eigenvalue weighted by Crippen LogP contribution is 2.38. The van der Waals surface area contributed by atoms with Crippen molar-refractivity contribution in [3.05, 3.63) is 60.2 Å². The summed E-state index contributed by atoms with van der Waals surface area (Å²) in [6, 6.07) is 11.6. The van der Waals surface area contributed by atoms with Crippen LogP contribution in [-0.2, 0) is 15.6 Å². The molecule has 1 atom stereocenters. The first-order valence-electron chi connectivity index (χ1n) is 8.17. The number of rotatable bonds is 8. The normalized spacial score (nSPS) is 14.6. The van der Waals surface area contributed by atoms with Gasteiger partial charge in [0.25, 0.3) is 0 Å². The van der Waals surface area contributed by atoms with Gasteiger partial charge in [0.1, 0.15) is 5.75 Å². The van der Waals surface area contributed by atoms with Crippen molar-refractivity contribution in [2.24, 2.45) is 0 Å². The minimum absolute atomic E-state index is 0.232. The fourth-order valence-corrected chi connectivity index (χ4v) is 3.36. The summed E-state index contributed by atoms with van der Waals surface area (Å²) in [7, 11) is -4.26. The van der Waals surface area contributed by atoms with Crippen molar-refractivity contribution >= 4 is 10.0 Å². The van der Waals surface area contributed by atoms with Crippen LogP contribution in [0.3, 0.4) is 0 Å². The maximum Gasteiger partial charge on any atom is 0.422 e. The molecule has 0 unspecified atom stereocenters. The summed E-state index contributed by atoms with van der Waals surface area (Å²) >= 11 is 0. The van der Waals surface area contributed by atoms with Crippen LogP contribution in [0.1, 0.15) is 18.9 Å². The van der Waals surface area contributed by atoms with Crippen LogP contribution in [0, 0.1) is 0 Å². The quantitative estimate of drug-likeness (QED) is 0.710. The van der Waals surface area contributed by atoms with E-state index in [1.54, 1.807) is 0 Å². The number of nitrogens with one attached hydrogen (secondary N) is 1. The van der Waals surface area contributed by atoms with Crippen molar-refractivity contribution in [1.82, 2.24) is 4.72 Å². The van der Waals surface area contributed by atoms with Crippen molar-refractivity contribution < 1.29 is 31.4 Å². The van der Waals surface area contributed by atoms with Crippen LogP contribution in [0.4, 0.5) is 13.2 Å². The maximum atomic E-state index is 13.4. The Balaban J connectivity index is 2.21. The van der Waals surface area contributed by atoms with Crippen LogP contribution in [0.15, 0.2) is 59.5 Å². The van der Waals surface area contributed by atoms with E-state index in [0.29, 0.717) is 12.4 Å². The Hall–Kier alpha value is -2.10. The van der Waals surface area contributed by atoms with Gasteiger partial charge >= 0.3 is 6.18 Å². The van der Waals surface area contributed by atoms with E-state index in [2.05, 4.69) is 0 Å². The first-order valence-corrected chi connectivity index (χ1v) is 9.65. The van der Waals surface area contributed by atoms with Gasteiger partial charge in [0.15, 0.2) is 5.60 Å². The molecular weight excluding hydrogens is 383 g/mol. The van der Waals surface area contributed by atoms with Gasteiger partial charge in [-0.05, 0) is 36.2 Å². The SMILES string of the molecule is CCCOc1ccc(S(=O)(=O)NC[C@](O)(c2ccccc2)C(F)(F)F)cc1. The third kappa shape index (κ3) is 5.00. The molecule has 0 aromatic heterocycles. The molecule has 2 rings (SSSR count). The van der Waals surface area contributed by atoms with E-state index >= 15 is 0 Å². The molecule has 0 heterocycles. The van der Waals surface area contributed by atoms with E-state index in [1.165, 1.54) is 42.5 Å². The number of halogens is 3. The molecule has 27 heavy (non-hydrogen) atoms. The number of benzene rings is 2. The fraction of sp³-hybridized carbons (Fsp3) is 0.333. The second-order valence-electron chi connectivity index (χ2n) is 5.87. The van der Waals surface area contributed by atoms with Gasteiger partial charge < -0.3 is 9.84 Å². The average Bonchev–Trinajstić information content (AvgIpc) is 2.64. The largest absolute Gasteiger partial charge is 0.494 e. The summed E-state index contributed by atoms with van der Waals surface area (Å²) in [4.78, 5) is -0.232. The van der Waals surface area contributed by atoms with E-state index in [9.17, 15) is 26.7 Å². The van der Waals surface area contributed by atoms with E-state index in [4.69, 9.17) is 4.74 Å². The lowest BCUT2D eigenvalue weighted by Crippen LogP contribution is -2.50. The molecule has 148 valence electrons. The predicted octanol–water partition coefficient (Wildman–Crippen LogP) is 3.20. The van der Waals surface area contributed by atoms with Crippen LogP contribution in [0.2, 0.25) is 0 Å². The Labute approximate surface area is 155 Å². The summed E-state index contributed by atoms with van der Waals surface area (Å²) in [6.45, 7) is 1.12. The third-order valence-corrected chi connectivity index (χ3v) is 5.26. The van der Waals surface area contributed by atoms with Gasteiger partial charge in [-0.1, -0.05) is 37.3 Å². The summed E-state index contributed by atoms with van der Waals surface area (Å²) in [6.07, 6.45) is -4.30. The molecule has 5 nitrogen and oxygen atoms in total. The van der Waals surface area contributed by atoms with E-state index in [-0.39, 0.29) is 4.90 Å². The van der Waals surface area contributed by atoms with Gasteiger partial charge in [-0.3, -0.25) is 0 Å². The molecular formula is C18H20F3NO4S. The Morgan fingerprint density at radius 3 is 2.15 bits per heavy atom. The van der Waals surface area contributed by atoms with Crippen molar-refractivity contribution in [3.8, 4) is 5.75 Å². The summed E-state index contributed by atoms with van der Waals surface area (Å²) in [5, 5.41) is 10.2. The van der Waals surface area contributed by atoms with E-state index in [0.717, 1.165) is 18.6 Å². The topological polar surface area (TPSA) is 75.6 Å². The van der Waals surface area contributed by atoms with Crippen molar-refractivity contribution in [2.75, 3.05) is 13.2 Å². The van der Waals surface area contributed by atoms with Gasteiger partial charge in [0, 0.05) is 0 Å². The molecule has 0 aliphatic rings. The number of hydrogen-bond donors (Lipinski definition) is 2. The lowest BCUT2D eigenvalue weighted by Gasteiger charge is -2.31. The zero-order chi connectivity index (χ0) is 20.1. The fourth-order valence-electron chi connectivity index (χ4n) is 2.30. The summed E-state index contributed by atoms with van der Waals surface area (Å²) in [5.41, 5.74) is -3.81. The van der Waals surface area contributed by atoms with E-state index < -0.39 is 33.9 Å². The number of aliphatic hydroxyl groups is 1. The average molecular weight is 403 g/mol. The highest BCUT2D eigenvalue weighted by Gasteiger charge is 2.55. The second-order valence-corrected chi connectivity index (χ2v) is 7.64. The molecule has 0 saturated carbocycles. The summed E-state index contributed by atoms with van der Waals surface area (Å²) in [5.74, 6) is 0.451. The Morgan fingerprint density at radius 1 is 1.04 bits per heavy atom. The van der Waals surface area contributed by atoms with Gasteiger partial charge in [0.2, 0.25) is 10.0 Å². The number of hydrogen-bond acceptors (Lipinski definition) is 4. The van der Waals surface area contributed by atoms with Crippen molar-refractivity contribution in [1.29, 1.82) is 0 Å². The summed E-state index contributed by atoms with van der Waals surface area (Å²) < 4.78 is 72.2. The molecule has 9 heteroatoms. The molecule has 0 saturated heterocycles. The van der Waals surface area contributed by atoms with Gasteiger partial charge in [-0.25, -0.2) is 13.1 Å². The second kappa shape index (κ2) is 8.28.